The Kier molecular flexibility index (Phi) is 21.2. The fourth-order valence-corrected chi connectivity index (χ4v) is 11.8. The summed E-state index contributed by atoms with van der Waals surface area (Å²) in [4.78, 5) is 24.8. The molecule has 0 aliphatic heterocycles. The molecule has 0 N–H and O–H groups in total. The highest BCUT2D eigenvalue weighted by Crippen LogP contribution is 2.49. The summed E-state index contributed by atoms with van der Waals surface area (Å²) in [6.45, 7) is 12.4. The van der Waals surface area contributed by atoms with Crippen LogP contribution in [0.4, 0.5) is 0 Å². The first-order valence-electron chi connectivity index (χ1n) is 26.2. The fraction of sp³-hybridized carbons (Fsp3) is 0.754. The van der Waals surface area contributed by atoms with Gasteiger partial charge in [0.05, 0.1) is 31.2 Å². The third-order valence-corrected chi connectivity index (χ3v) is 16.4. The van der Waals surface area contributed by atoms with Crippen LogP contribution in [0.3, 0.4) is 0 Å². The molecular weight excluding hydrogens is 765 g/mol. The SMILES string of the molecule is CCCCCCCOC(=O)C1(C)CCC(C2CCC(c3ccc(CCCCC)cc3)CC2)CC1.CCCCOc1ccc(C2CCC(C3CCC(C)(C(=O)OC)CC3)CC2)cc1. The van der Waals surface area contributed by atoms with Crippen LogP contribution < -0.4 is 4.74 Å². The number of ether oxygens (including phenoxy) is 3. The molecule has 5 heteroatoms. The topological polar surface area (TPSA) is 61.8 Å². The molecule has 4 fully saturated rings. The summed E-state index contributed by atoms with van der Waals surface area (Å²) in [5.41, 5.74) is 4.06. The van der Waals surface area contributed by atoms with E-state index < -0.39 is 0 Å². The fourth-order valence-electron chi connectivity index (χ4n) is 11.8. The molecular formula is C57H90O5. The minimum absolute atomic E-state index is 0.0169. The summed E-state index contributed by atoms with van der Waals surface area (Å²) in [5, 5.41) is 0. The standard InChI is InChI=1S/C32H52O2.C25H38O3/c1-4-6-8-9-11-25-34-31(33)32(3)23-21-30(22-24-32)29-19-17-28(18-20-29)27-15-13-26(14-16-27)12-10-7-5-2;1-4-5-18-28-23-12-10-21(11-13-23)19-6-8-20(9-7-19)22-14-16-25(2,17-15-22)24(26)27-3/h13-16,28-30H,4-12,17-25H2,1-3H3;10-13,19-20,22H,4-9,14-18H2,1-3H3. The lowest BCUT2D eigenvalue weighted by atomic mass is 9.64. The van der Waals surface area contributed by atoms with Crippen molar-refractivity contribution in [1.29, 1.82) is 0 Å². The number of rotatable bonds is 20. The Morgan fingerprint density at radius 2 is 0.935 bits per heavy atom. The summed E-state index contributed by atoms with van der Waals surface area (Å²) in [6, 6.07) is 18.4. The molecule has 0 bridgehead atoms. The molecule has 6 rings (SSSR count). The molecule has 0 unspecified atom stereocenters. The molecule has 0 aromatic heterocycles. The quantitative estimate of drug-likeness (QED) is 0.0981. The van der Waals surface area contributed by atoms with Crippen LogP contribution in [0.25, 0.3) is 0 Å². The second-order valence-electron chi connectivity index (χ2n) is 21.0. The lowest BCUT2D eigenvalue weighted by Crippen LogP contribution is -2.36. The third kappa shape index (κ3) is 15.1. The number of carbonyl (C=O) groups excluding carboxylic acids is 2. The van der Waals surface area contributed by atoms with Crippen molar-refractivity contribution in [1.82, 2.24) is 0 Å². The molecule has 2 aromatic carbocycles. The van der Waals surface area contributed by atoms with E-state index in [0.717, 1.165) is 80.5 Å². The Morgan fingerprint density at radius 3 is 1.42 bits per heavy atom. The zero-order valence-electron chi connectivity index (χ0n) is 40.6. The second-order valence-corrected chi connectivity index (χ2v) is 21.0. The van der Waals surface area contributed by atoms with Gasteiger partial charge in [-0.25, -0.2) is 0 Å². The van der Waals surface area contributed by atoms with Crippen molar-refractivity contribution < 1.29 is 23.8 Å². The van der Waals surface area contributed by atoms with Crippen molar-refractivity contribution in [2.45, 2.75) is 220 Å². The van der Waals surface area contributed by atoms with Gasteiger partial charge in [-0.2, -0.15) is 0 Å². The minimum Gasteiger partial charge on any atom is -0.494 e. The normalized spacial score (nSPS) is 28.9. The zero-order valence-corrected chi connectivity index (χ0v) is 40.6. The van der Waals surface area contributed by atoms with Gasteiger partial charge in [-0.15, -0.1) is 0 Å². The first kappa shape index (κ1) is 50.2. The number of benzene rings is 2. The monoisotopic (exact) mass is 855 g/mol. The number of esters is 2. The highest BCUT2D eigenvalue weighted by Gasteiger charge is 2.42. The minimum atomic E-state index is -0.247. The molecule has 0 radical (unpaired) electrons. The van der Waals surface area contributed by atoms with E-state index in [0.29, 0.717) is 12.5 Å². The maximum atomic E-state index is 12.8. The van der Waals surface area contributed by atoms with Crippen LogP contribution in [0.15, 0.2) is 48.5 Å². The predicted octanol–water partition coefficient (Wildman–Crippen LogP) is 15.9. The van der Waals surface area contributed by atoms with Crippen LogP contribution in [-0.2, 0) is 25.5 Å². The van der Waals surface area contributed by atoms with Crippen LogP contribution >= 0.6 is 0 Å². The Labute approximate surface area is 380 Å². The van der Waals surface area contributed by atoms with Gasteiger partial charge in [0.25, 0.3) is 0 Å². The van der Waals surface area contributed by atoms with Gasteiger partial charge in [0.1, 0.15) is 5.75 Å². The van der Waals surface area contributed by atoms with Crippen LogP contribution in [0.1, 0.15) is 230 Å². The van der Waals surface area contributed by atoms with Crippen LogP contribution in [-0.4, -0.2) is 32.3 Å². The zero-order chi connectivity index (χ0) is 44.2. The molecule has 348 valence electrons. The van der Waals surface area contributed by atoms with Crippen molar-refractivity contribution in [2.75, 3.05) is 20.3 Å². The molecule has 62 heavy (non-hydrogen) atoms. The summed E-state index contributed by atoms with van der Waals surface area (Å²) >= 11 is 0. The molecule has 4 aliphatic carbocycles. The van der Waals surface area contributed by atoms with Gasteiger partial charge in [0.15, 0.2) is 0 Å². The first-order valence-corrected chi connectivity index (χ1v) is 26.2. The molecule has 0 heterocycles. The molecule has 5 nitrogen and oxygen atoms in total. The molecule has 2 aromatic rings. The molecule has 0 atom stereocenters. The summed E-state index contributed by atoms with van der Waals surface area (Å²) < 4.78 is 16.5. The summed E-state index contributed by atoms with van der Waals surface area (Å²) in [6.07, 6.45) is 33.0. The van der Waals surface area contributed by atoms with E-state index >= 15 is 0 Å². The van der Waals surface area contributed by atoms with Crippen LogP contribution in [0.5, 0.6) is 5.75 Å². The Bertz CT molecular complexity index is 1530. The first-order chi connectivity index (χ1) is 30.1. The van der Waals surface area contributed by atoms with E-state index in [4.69, 9.17) is 14.2 Å². The molecule has 0 amide bonds. The van der Waals surface area contributed by atoms with Gasteiger partial charge in [-0.1, -0.05) is 102 Å². The van der Waals surface area contributed by atoms with Crippen molar-refractivity contribution in [3.8, 4) is 5.75 Å². The van der Waals surface area contributed by atoms with Gasteiger partial charge in [-0.3, -0.25) is 9.59 Å². The van der Waals surface area contributed by atoms with Gasteiger partial charge in [0, 0.05) is 0 Å². The Hall–Kier alpha value is -2.82. The van der Waals surface area contributed by atoms with Crippen LogP contribution in [0.2, 0.25) is 0 Å². The van der Waals surface area contributed by atoms with Crippen molar-refractivity contribution in [3.63, 3.8) is 0 Å². The predicted molar refractivity (Wildman–Crippen MR) is 258 cm³/mol. The highest BCUT2D eigenvalue weighted by molar-refractivity contribution is 5.76. The Balaban J connectivity index is 0.000000238. The number of aryl methyl sites for hydroxylation is 1. The largest absolute Gasteiger partial charge is 0.494 e. The van der Waals surface area contributed by atoms with Gasteiger partial charge < -0.3 is 14.2 Å². The maximum absolute atomic E-state index is 12.8. The molecule has 0 spiro atoms. The lowest BCUT2D eigenvalue weighted by molar-refractivity contribution is -0.158. The van der Waals surface area contributed by atoms with Gasteiger partial charge in [0.2, 0.25) is 0 Å². The molecule has 4 saturated carbocycles. The third-order valence-electron chi connectivity index (χ3n) is 16.4. The van der Waals surface area contributed by atoms with Gasteiger partial charge >= 0.3 is 11.9 Å². The second kappa shape index (κ2) is 26.2. The molecule has 0 saturated heterocycles. The van der Waals surface area contributed by atoms with E-state index in [1.165, 1.54) is 153 Å². The average molecular weight is 855 g/mol. The highest BCUT2D eigenvalue weighted by atomic mass is 16.5. The van der Waals surface area contributed by atoms with E-state index in [1.807, 2.05) is 0 Å². The summed E-state index contributed by atoms with van der Waals surface area (Å²) in [5.74, 6) is 5.83. The number of carbonyl (C=O) groups is 2. The van der Waals surface area contributed by atoms with Crippen LogP contribution in [0, 0.1) is 34.5 Å². The molecule has 4 aliphatic rings. The summed E-state index contributed by atoms with van der Waals surface area (Å²) in [7, 11) is 1.52. The lowest BCUT2D eigenvalue weighted by Gasteiger charge is -2.41. The van der Waals surface area contributed by atoms with E-state index in [2.05, 4.69) is 83.1 Å². The van der Waals surface area contributed by atoms with Crippen molar-refractivity contribution >= 4 is 11.9 Å². The van der Waals surface area contributed by atoms with Crippen molar-refractivity contribution in [2.24, 2.45) is 34.5 Å². The Morgan fingerprint density at radius 1 is 0.500 bits per heavy atom. The van der Waals surface area contributed by atoms with E-state index in [-0.39, 0.29) is 22.8 Å². The average Bonchev–Trinajstić information content (AvgIpc) is 3.31. The number of hydrogen-bond donors (Lipinski definition) is 0. The van der Waals surface area contributed by atoms with E-state index in [9.17, 15) is 9.59 Å². The van der Waals surface area contributed by atoms with Crippen molar-refractivity contribution in [3.05, 3.63) is 65.2 Å². The number of methoxy groups -OCH3 is 1. The maximum Gasteiger partial charge on any atom is 0.311 e. The number of unbranched alkanes of at least 4 members (excludes halogenated alkanes) is 7. The van der Waals surface area contributed by atoms with E-state index in [1.54, 1.807) is 5.56 Å². The smallest absolute Gasteiger partial charge is 0.311 e. The number of hydrogen-bond acceptors (Lipinski definition) is 5. The van der Waals surface area contributed by atoms with Gasteiger partial charge in [-0.05, 0) is 207 Å².